The number of fused-ring (bicyclic) bond motifs is 1. The van der Waals surface area contributed by atoms with Gasteiger partial charge in [-0.25, -0.2) is 0 Å². The molecule has 1 aliphatic rings. The van der Waals surface area contributed by atoms with Crippen LogP contribution in [0.5, 0.6) is 0 Å². The van der Waals surface area contributed by atoms with Crippen LogP contribution in [0.25, 0.3) is 10.9 Å². The lowest BCUT2D eigenvalue weighted by atomic mass is 9.94. The average molecular weight is 258 g/mol. The Bertz CT molecular complexity index is 592. The van der Waals surface area contributed by atoms with Gasteiger partial charge in [-0.3, -0.25) is 9.89 Å². The lowest BCUT2D eigenvalue weighted by Gasteiger charge is -2.27. The Morgan fingerprint density at radius 2 is 2.37 bits per heavy atom. The van der Waals surface area contributed by atoms with E-state index in [-0.39, 0.29) is 11.9 Å². The van der Waals surface area contributed by atoms with Crippen LogP contribution in [0.15, 0.2) is 24.4 Å². The Morgan fingerprint density at radius 3 is 3.21 bits per heavy atom. The van der Waals surface area contributed by atoms with Crippen LogP contribution >= 0.6 is 0 Å². The molecule has 0 bridgehead atoms. The van der Waals surface area contributed by atoms with Gasteiger partial charge in [0.15, 0.2) is 0 Å². The minimum atomic E-state index is -0.0798. The number of carbonyl (C=O) groups excluding carboxylic acids is 1. The Kier molecular flexibility index (Phi) is 3.21. The normalized spacial score (nSPS) is 23.4. The largest absolute Gasteiger partial charge is 0.325 e. The highest BCUT2D eigenvalue weighted by atomic mass is 16.2. The molecule has 19 heavy (non-hydrogen) atoms. The van der Waals surface area contributed by atoms with E-state index in [1.807, 2.05) is 18.2 Å². The maximum absolute atomic E-state index is 12.2. The standard InChI is InChI=1S/C14H18N4O/c1-9-4-5-15-13(6-9)14(19)17-11-2-3-12-10(7-11)8-16-18-12/h2-3,7-9,13,15H,4-6H2,1H3,(H,16,18)(H,17,19). The molecule has 1 aromatic heterocycles. The summed E-state index contributed by atoms with van der Waals surface area (Å²) in [6.45, 7) is 3.11. The van der Waals surface area contributed by atoms with Crippen molar-refractivity contribution in [3.05, 3.63) is 24.4 Å². The summed E-state index contributed by atoms with van der Waals surface area (Å²) in [7, 11) is 0. The number of benzene rings is 1. The van der Waals surface area contributed by atoms with Crippen LogP contribution in [0.4, 0.5) is 5.69 Å². The molecule has 0 radical (unpaired) electrons. The first kappa shape index (κ1) is 12.2. The first-order chi connectivity index (χ1) is 9.22. The first-order valence-electron chi connectivity index (χ1n) is 6.70. The molecule has 2 aromatic rings. The summed E-state index contributed by atoms with van der Waals surface area (Å²) in [5.41, 5.74) is 1.79. The van der Waals surface area contributed by atoms with Crippen LogP contribution < -0.4 is 10.6 Å². The molecule has 2 atom stereocenters. The van der Waals surface area contributed by atoms with Crippen molar-refractivity contribution in [1.82, 2.24) is 15.5 Å². The fourth-order valence-electron chi connectivity index (χ4n) is 2.56. The van der Waals surface area contributed by atoms with Crippen molar-refractivity contribution < 1.29 is 4.79 Å². The van der Waals surface area contributed by atoms with Crippen molar-refractivity contribution in [3.8, 4) is 0 Å². The third kappa shape index (κ3) is 2.61. The Balaban J connectivity index is 1.71. The molecule has 3 N–H and O–H groups in total. The van der Waals surface area contributed by atoms with Gasteiger partial charge in [0, 0.05) is 11.1 Å². The third-order valence-electron chi connectivity index (χ3n) is 3.69. The molecule has 100 valence electrons. The molecule has 2 unspecified atom stereocenters. The van der Waals surface area contributed by atoms with Gasteiger partial charge in [-0.2, -0.15) is 5.10 Å². The van der Waals surface area contributed by atoms with E-state index in [0.717, 1.165) is 36.0 Å². The van der Waals surface area contributed by atoms with E-state index in [1.54, 1.807) is 6.20 Å². The van der Waals surface area contributed by atoms with Gasteiger partial charge >= 0.3 is 0 Å². The molecule has 1 aromatic carbocycles. The number of H-pyrrole nitrogens is 1. The summed E-state index contributed by atoms with van der Waals surface area (Å²) < 4.78 is 0. The van der Waals surface area contributed by atoms with E-state index in [1.165, 1.54) is 0 Å². The molecule has 0 aliphatic carbocycles. The number of rotatable bonds is 2. The number of amides is 1. The van der Waals surface area contributed by atoms with E-state index in [9.17, 15) is 4.79 Å². The van der Waals surface area contributed by atoms with E-state index >= 15 is 0 Å². The van der Waals surface area contributed by atoms with E-state index < -0.39 is 0 Å². The fraction of sp³-hybridized carbons (Fsp3) is 0.429. The number of hydrogen-bond donors (Lipinski definition) is 3. The number of aromatic amines is 1. The molecule has 0 saturated carbocycles. The summed E-state index contributed by atoms with van der Waals surface area (Å²) in [5.74, 6) is 0.655. The second-order valence-electron chi connectivity index (χ2n) is 5.30. The lowest BCUT2D eigenvalue weighted by molar-refractivity contribution is -0.119. The highest BCUT2D eigenvalue weighted by Gasteiger charge is 2.24. The molecule has 1 aliphatic heterocycles. The number of anilines is 1. The van der Waals surface area contributed by atoms with E-state index in [4.69, 9.17) is 0 Å². The van der Waals surface area contributed by atoms with Crippen LogP contribution in [0, 0.1) is 5.92 Å². The van der Waals surface area contributed by atoms with Crippen molar-refractivity contribution in [2.24, 2.45) is 5.92 Å². The third-order valence-corrected chi connectivity index (χ3v) is 3.69. The van der Waals surface area contributed by atoms with Crippen molar-refractivity contribution in [1.29, 1.82) is 0 Å². The van der Waals surface area contributed by atoms with Crippen LogP contribution in [-0.4, -0.2) is 28.7 Å². The Hall–Kier alpha value is -1.88. The summed E-state index contributed by atoms with van der Waals surface area (Å²) in [6.07, 6.45) is 3.80. The van der Waals surface area contributed by atoms with E-state index in [0.29, 0.717) is 5.92 Å². The number of carbonyl (C=O) groups is 1. The predicted molar refractivity (Wildman–Crippen MR) is 74.9 cm³/mol. The van der Waals surface area contributed by atoms with Gasteiger partial charge in [-0.05, 0) is 43.5 Å². The van der Waals surface area contributed by atoms with Crippen molar-refractivity contribution in [2.45, 2.75) is 25.8 Å². The SMILES string of the molecule is CC1CCNC(C(=O)Nc2ccc3[nH]ncc3c2)C1. The van der Waals surface area contributed by atoms with Gasteiger partial charge in [-0.15, -0.1) is 0 Å². The maximum Gasteiger partial charge on any atom is 0.241 e. The van der Waals surface area contributed by atoms with Gasteiger partial charge in [0.05, 0.1) is 17.8 Å². The quantitative estimate of drug-likeness (QED) is 0.770. The maximum atomic E-state index is 12.2. The minimum absolute atomic E-state index is 0.0504. The number of nitrogens with one attached hydrogen (secondary N) is 3. The molecule has 1 fully saturated rings. The van der Waals surface area contributed by atoms with Crippen molar-refractivity contribution in [2.75, 3.05) is 11.9 Å². The first-order valence-corrected chi connectivity index (χ1v) is 6.70. The zero-order chi connectivity index (χ0) is 13.2. The highest BCUT2D eigenvalue weighted by molar-refractivity contribution is 5.96. The van der Waals surface area contributed by atoms with Crippen molar-refractivity contribution >= 4 is 22.5 Å². The number of piperidine rings is 1. The van der Waals surface area contributed by atoms with Crippen LogP contribution in [0.3, 0.4) is 0 Å². The summed E-state index contributed by atoms with van der Waals surface area (Å²) in [6, 6.07) is 5.67. The smallest absolute Gasteiger partial charge is 0.241 e. The summed E-state index contributed by atoms with van der Waals surface area (Å²) in [5, 5.41) is 14.1. The molecule has 5 nitrogen and oxygen atoms in total. The van der Waals surface area contributed by atoms with Gasteiger partial charge in [0.2, 0.25) is 5.91 Å². The fourth-order valence-corrected chi connectivity index (χ4v) is 2.56. The number of hydrogen-bond acceptors (Lipinski definition) is 3. The highest BCUT2D eigenvalue weighted by Crippen LogP contribution is 2.19. The Labute approximate surface area is 111 Å². The zero-order valence-electron chi connectivity index (χ0n) is 10.9. The zero-order valence-corrected chi connectivity index (χ0v) is 10.9. The van der Waals surface area contributed by atoms with Crippen molar-refractivity contribution in [3.63, 3.8) is 0 Å². The van der Waals surface area contributed by atoms with Crippen LogP contribution in [0.2, 0.25) is 0 Å². The second kappa shape index (κ2) is 5.01. The molecule has 1 saturated heterocycles. The minimum Gasteiger partial charge on any atom is -0.325 e. The summed E-state index contributed by atoms with van der Waals surface area (Å²) >= 11 is 0. The molecule has 5 heteroatoms. The molecule has 0 spiro atoms. The molecule has 2 heterocycles. The predicted octanol–water partition coefficient (Wildman–Crippen LogP) is 1.89. The second-order valence-corrected chi connectivity index (χ2v) is 5.30. The number of nitrogens with zero attached hydrogens (tertiary/aromatic N) is 1. The van der Waals surface area contributed by atoms with Gasteiger partial charge in [0.1, 0.15) is 0 Å². The van der Waals surface area contributed by atoms with Gasteiger partial charge < -0.3 is 10.6 Å². The lowest BCUT2D eigenvalue weighted by Crippen LogP contribution is -2.45. The van der Waals surface area contributed by atoms with E-state index in [2.05, 4.69) is 27.8 Å². The molecule has 3 rings (SSSR count). The molecular formula is C14H18N4O. The Morgan fingerprint density at radius 1 is 1.47 bits per heavy atom. The molecule has 1 amide bonds. The van der Waals surface area contributed by atoms with Gasteiger partial charge in [0.25, 0.3) is 0 Å². The van der Waals surface area contributed by atoms with Crippen LogP contribution in [-0.2, 0) is 4.79 Å². The monoisotopic (exact) mass is 258 g/mol. The summed E-state index contributed by atoms with van der Waals surface area (Å²) in [4.78, 5) is 12.2. The average Bonchev–Trinajstić information content (AvgIpc) is 2.86. The molecular weight excluding hydrogens is 240 g/mol. The topological polar surface area (TPSA) is 69.8 Å². The van der Waals surface area contributed by atoms with Crippen LogP contribution in [0.1, 0.15) is 19.8 Å². The van der Waals surface area contributed by atoms with Gasteiger partial charge in [-0.1, -0.05) is 6.92 Å². The number of aromatic nitrogens is 2.